The lowest BCUT2D eigenvalue weighted by Crippen LogP contribution is -1.98. The first-order valence-electron chi connectivity index (χ1n) is 13.2. The molecular formula is C33H24N6O. The van der Waals surface area contributed by atoms with E-state index in [0.29, 0.717) is 12.1 Å². The van der Waals surface area contributed by atoms with Gasteiger partial charge in [-0.25, -0.2) is 0 Å². The first kappa shape index (κ1) is 22.5. The molecule has 0 bridgehead atoms. The summed E-state index contributed by atoms with van der Waals surface area (Å²) in [6, 6.07) is 18.4. The number of allylic oxidation sites excluding steroid dienone is 4. The molecule has 0 aliphatic heterocycles. The van der Waals surface area contributed by atoms with Crippen molar-refractivity contribution in [1.29, 1.82) is 0 Å². The van der Waals surface area contributed by atoms with Crippen LogP contribution in [0.15, 0.2) is 95.8 Å². The van der Waals surface area contributed by atoms with E-state index in [1.807, 2.05) is 55.7 Å². The molecule has 6 aromatic heterocycles. The number of rotatable bonds is 3. The van der Waals surface area contributed by atoms with Gasteiger partial charge in [0.15, 0.2) is 0 Å². The molecule has 7 heteroatoms. The molecule has 2 N–H and O–H groups in total. The Labute approximate surface area is 229 Å². The second-order valence-electron chi connectivity index (χ2n) is 9.88. The Hall–Kier alpha value is -5.43. The number of hydrogen-bond donors (Lipinski definition) is 1. The van der Waals surface area contributed by atoms with Crippen LogP contribution in [-0.2, 0) is 6.42 Å². The molecule has 0 atom stereocenters. The van der Waals surface area contributed by atoms with Gasteiger partial charge in [0.25, 0.3) is 0 Å². The number of hydrogen-bond acceptors (Lipinski definition) is 5. The van der Waals surface area contributed by atoms with Crippen LogP contribution in [0.2, 0.25) is 0 Å². The summed E-state index contributed by atoms with van der Waals surface area (Å²) in [6.07, 6.45) is 16.7. The number of aromatic nitrogens is 5. The van der Waals surface area contributed by atoms with Gasteiger partial charge in [-0.1, -0.05) is 12.2 Å². The van der Waals surface area contributed by atoms with Crippen molar-refractivity contribution in [2.45, 2.75) is 13.3 Å². The normalized spacial score (nSPS) is 13.6. The van der Waals surface area contributed by atoms with Crippen LogP contribution in [0.4, 0.5) is 5.69 Å². The Morgan fingerprint density at radius 2 is 1.52 bits per heavy atom. The molecule has 0 amide bonds. The highest BCUT2D eigenvalue weighted by Gasteiger charge is 2.21. The predicted molar refractivity (Wildman–Crippen MR) is 162 cm³/mol. The molecule has 192 valence electrons. The van der Waals surface area contributed by atoms with Crippen molar-refractivity contribution in [2.75, 3.05) is 5.73 Å². The number of nitrogen functional groups attached to an aromatic ring is 1. The average Bonchev–Trinajstić information content (AvgIpc) is 3.54. The monoisotopic (exact) mass is 520 g/mol. The van der Waals surface area contributed by atoms with Crippen molar-refractivity contribution in [1.82, 2.24) is 24.1 Å². The summed E-state index contributed by atoms with van der Waals surface area (Å²) in [5, 5.41) is 1.04. The minimum atomic E-state index is 0.666. The van der Waals surface area contributed by atoms with E-state index in [0.717, 1.165) is 72.5 Å². The van der Waals surface area contributed by atoms with Crippen LogP contribution in [0.3, 0.4) is 0 Å². The molecule has 6 heterocycles. The molecule has 0 spiro atoms. The summed E-state index contributed by atoms with van der Waals surface area (Å²) in [5.74, 6) is 0.933. The number of benzene rings is 1. The fraction of sp³-hybridized carbons (Fsp3) is 0.0606. The maximum atomic E-state index is 6.57. The van der Waals surface area contributed by atoms with Crippen LogP contribution < -0.4 is 5.73 Å². The molecule has 0 radical (unpaired) electrons. The third-order valence-electron chi connectivity index (χ3n) is 7.59. The summed E-state index contributed by atoms with van der Waals surface area (Å²) >= 11 is 0. The Bertz CT molecular complexity index is 2170. The van der Waals surface area contributed by atoms with E-state index in [2.05, 4.69) is 72.6 Å². The highest BCUT2D eigenvalue weighted by Crippen LogP contribution is 2.38. The molecule has 40 heavy (non-hydrogen) atoms. The number of furan rings is 1. The molecule has 8 rings (SSSR count). The van der Waals surface area contributed by atoms with Crippen LogP contribution in [-0.4, -0.2) is 24.1 Å². The standard InChI is InChI=1S/C33H24N6O/c1-2-7-24-30(34)31-25(9-4-15-35-31)38(24)21-13-14-29-23(19-21)22-18-20(8-3-12-28(22)40-29)39-26-10-5-16-36-32(26)33-27(39)11-6-17-37-33/h2-11,13-19H,12,34H2,1H3/b7-2-. The van der Waals surface area contributed by atoms with Crippen LogP contribution in [0, 0.1) is 0 Å². The van der Waals surface area contributed by atoms with Crippen molar-refractivity contribution in [3.05, 3.63) is 108 Å². The summed E-state index contributed by atoms with van der Waals surface area (Å²) < 4.78 is 10.8. The lowest BCUT2D eigenvalue weighted by atomic mass is 10.1. The number of nitrogens with two attached hydrogens (primary N) is 1. The second kappa shape index (κ2) is 8.54. The number of anilines is 1. The summed E-state index contributed by atoms with van der Waals surface area (Å²) in [7, 11) is 0. The van der Waals surface area contributed by atoms with Gasteiger partial charge in [-0.15, -0.1) is 0 Å². The zero-order chi connectivity index (χ0) is 26.8. The van der Waals surface area contributed by atoms with Crippen LogP contribution in [0.25, 0.3) is 67.6 Å². The second-order valence-corrected chi connectivity index (χ2v) is 9.88. The van der Waals surface area contributed by atoms with Gasteiger partial charge in [0.2, 0.25) is 0 Å². The van der Waals surface area contributed by atoms with Crippen LogP contribution in [0.1, 0.15) is 23.9 Å². The third-order valence-corrected chi connectivity index (χ3v) is 7.59. The maximum Gasteiger partial charge on any atom is 0.135 e. The van der Waals surface area contributed by atoms with Crippen LogP contribution in [0.5, 0.6) is 0 Å². The van der Waals surface area contributed by atoms with E-state index >= 15 is 0 Å². The van der Waals surface area contributed by atoms with Gasteiger partial charge in [0.05, 0.1) is 27.9 Å². The lowest BCUT2D eigenvalue weighted by molar-refractivity contribution is 0.564. The first-order valence-corrected chi connectivity index (χ1v) is 13.2. The molecule has 0 saturated heterocycles. The maximum absolute atomic E-state index is 6.57. The van der Waals surface area contributed by atoms with Crippen molar-refractivity contribution < 1.29 is 4.42 Å². The molecule has 0 unspecified atom stereocenters. The van der Waals surface area contributed by atoms with Gasteiger partial charge in [-0.05, 0) is 79.7 Å². The van der Waals surface area contributed by atoms with E-state index in [4.69, 9.17) is 10.2 Å². The Morgan fingerprint density at radius 1 is 0.850 bits per heavy atom. The quantitative estimate of drug-likeness (QED) is 0.262. The van der Waals surface area contributed by atoms with Crippen molar-refractivity contribution in [2.24, 2.45) is 0 Å². The number of pyridine rings is 3. The highest BCUT2D eigenvalue weighted by molar-refractivity contribution is 6.08. The lowest BCUT2D eigenvalue weighted by Gasteiger charge is -2.10. The fourth-order valence-corrected chi connectivity index (χ4v) is 5.91. The van der Waals surface area contributed by atoms with Gasteiger partial charge >= 0.3 is 0 Å². The number of nitrogens with zero attached hydrogens (tertiary/aromatic N) is 5. The van der Waals surface area contributed by atoms with Gasteiger partial charge in [0.1, 0.15) is 27.9 Å². The molecule has 7 nitrogen and oxygen atoms in total. The molecule has 1 aliphatic carbocycles. The smallest absolute Gasteiger partial charge is 0.135 e. The van der Waals surface area contributed by atoms with E-state index in [1.54, 1.807) is 6.20 Å². The van der Waals surface area contributed by atoms with Gasteiger partial charge < -0.3 is 19.3 Å². The summed E-state index contributed by atoms with van der Waals surface area (Å²) in [4.78, 5) is 13.9. The van der Waals surface area contributed by atoms with E-state index in [1.165, 1.54) is 0 Å². The Morgan fingerprint density at radius 3 is 2.23 bits per heavy atom. The minimum Gasteiger partial charge on any atom is -0.460 e. The van der Waals surface area contributed by atoms with Crippen LogP contribution >= 0.6 is 0 Å². The highest BCUT2D eigenvalue weighted by atomic mass is 16.3. The van der Waals surface area contributed by atoms with E-state index in [-0.39, 0.29) is 0 Å². The van der Waals surface area contributed by atoms with E-state index < -0.39 is 0 Å². The fourth-order valence-electron chi connectivity index (χ4n) is 5.91. The Balaban J connectivity index is 1.38. The predicted octanol–water partition coefficient (Wildman–Crippen LogP) is 7.40. The molecule has 1 aromatic carbocycles. The van der Waals surface area contributed by atoms with Crippen molar-refractivity contribution in [3.63, 3.8) is 0 Å². The Kier molecular flexibility index (Phi) is 4.81. The molecule has 0 saturated carbocycles. The first-order chi connectivity index (χ1) is 19.7. The average molecular weight is 521 g/mol. The zero-order valence-corrected chi connectivity index (χ0v) is 21.7. The zero-order valence-electron chi connectivity index (χ0n) is 21.7. The van der Waals surface area contributed by atoms with Crippen molar-refractivity contribution >= 4 is 67.6 Å². The van der Waals surface area contributed by atoms with Gasteiger partial charge in [0, 0.05) is 47.3 Å². The van der Waals surface area contributed by atoms with Gasteiger partial charge in [-0.3, -0.25) is 15.0 Å². The third kappa shape index (κ3) is 3.15. The van der Waals surface area contributed by atoms with Crippen molar-refractivity contribution in [3.8, 4) is 5.69 Å². The molecule has 0 fully saturated rings. The van der Waals surface area contributed by atoms with Gasteiger partial charge in [-0.2, -0.15) is 0 Å². The molecule has 7 aromatic rings. The number of fused-ring (bicyclic) bond motifs is 7. The summed E-state index contributed by atoms with van der Waals surface area (Å²) in [5.41, 5.74) is 17.6. The largest absolute Gasteiger partial charge is 0.460 e. The topological polar surface area (TPSA) is 87.7 Å². The minimum absolute atomic E-state index is 0.666. The molecular weight excluding hydrogens is 496 g/mol. The SMILES string of the molecule is C/C=C\c1c(N)c2ncccc2n1-c1ccc2oc3c(c2c1)C=C(n1c2cccnc2c2ncccc21)C=CC3. The van der Waals surface area contributed by atoms with E-state index in [9.17, 15) is 0 Å². The molecule has 1 aliphatic rings. The summed E-state index contributed by atoms with van der Waals surface area (Å²) in [6.45, 7) is 1.99.